The molecule has 26 heavy (non-hydrogen) atoms. The van der Waals surface area contributed by atoms with Crippen LogP contribution < -0.4 is 4.90 Å². The van der Waals surface area contributed by atoms with Gasteiger partial charge >= 0.3 is 0 Å². The SMILES string of the molecule is N#Cc1ccccc1S(=O)(=O)N1CCN(c2nc3ccccc3o2)CC1. The summed E-state index contributed by atoms with van der Waals surface area (Å²) in [5, 5.41) is 9.18. The molecular formula is C18H16N4O3S. The summed E-state index contributed by atoms with van der Waals surface area (Å²) in [6.07, 6.45) is 0. The first-order valence-corrected chi connectivity index (χ1v) is 9.63. The van der Waals surface area contributed by atoms with Crippen molar-refractivity contribution in [2.75, 3.05) is 31.1 Å². The van der Waals surface area contributed by atoms with Crippen LogP contribution in [0.25, 0.3) is 11.1 Å². The highest BCUT2D eigenvalue weighted by Gasteiger charge is 2.31. The van der Waals surface area contributed by atoms with Crippen LogP contribution in [0.5, 0.6) is 0 Å². The molecule has 1 aromatic heterocycles. The van der Waals surface area contributed by atoms with Crippen LogP contribution in [0.4, 0.5) is 6.01 Å². The lowest BCUT2D eigenvalue weighted by molar-refractivity contribution is 0.373. The lowest BCUT2D eigenvalue weighted by Gasteiger charge is -2.33. The molecule has 0 aliphatic carbocycles. The zero-order chi connectivity index (χ0) is 18.1. The van der Waals surface area contributed by atoms with Crippen LogP contribution >= 0.6 is 0 Å². The molecular weight excluding hydrogens is 352 g/mol. The Balaban J connectivity index is 1.53. The van der Waals surface area contributed by atoms with Gasteiger partial charge in [0, 0.05) is 26.2 Å². The topological polar surface area (TPSA) is 90.4 Å². The number of nitrogens with zero attached hydrogens (tertiary/aromatic N) is 4. The summed E-state index contributed by atoms with van der Waals surface area (Å²) >= 11 is 0. The Kier molecular flexibility index (Phi) is 4.11. The van der Waals surface area contributed by atoms with Gasteiger partial charge in [-0.2, -0.15) is 14.6 Å². The zero-order valence-corrected chi connectivity index (χ0v) is 14.7. The molecule has 2 aromatic carbocycles. The molecule has 4 rings (SSSR count). The maximum absolute atomic E-state index is 12.9. The molecule has 0 amide bonds. The van der Waals surface area contributed by atoms with Gasteiger partial charge in [-0.15, -0.1) is 0 Å². The van der Waals surface area contributed by atoms with Crippen LogP contribution in [-0.4, -0.2) is 43.9 Å². The van der Waals surface area contributed by atoms with Gasteiger partial charge in [0.15, 0.2) is 5.58 Å². The molecule has 132 valence electrons. The second-order valence-electron chi connectivity index (χ2n) is 5.96. The van der Waals surface area contributed by atoms with Gasteiger partial charge in [-0.3, -0.25) is 0 Å². The number of benzene rings is 2. The summed E-state index contributed by atoms with van der Waals surface area (Å²) in [5.74, 6) is 0. The smallest absolute Gasteiger partial charge is 0.298 e. The number of piperazine rings is 1. The number of sulfonamides is 1. The van der Waals surface area contributed by atoms with E-state index < -0.39 is 10.0 Å². The van der Waals surface area contributed by atoms with Gasteiger partial charge in [-0.1, -0.05) is 24.3 Å². The number of oxazole rings is 1. The fourth-order valence-corrected chi connectivity index (χ4v) is 4.60. The van der Waals surface area contributed by atoms with E-state index in [1.54, 1.807) is 12.1 Å². The number of nitriles is 1. The number of hydrogen-bond donors (Lipinski definition) is 0. The molecule has 1 saturated heterocycles. The predicted molar refractivity (Wildman–Crippen MR) is 96.1 cm³/mol. The second kappa shape index (κ2) is 6.44. The maximum atomic E-state index is 12.9. The summed E-state index contributed by atoms with van der Waals surface area (Å²) in [6, 6.07) is 16.2. The average molecular weight is 368 g/mol. The third kappa shape index (κ3) is 2.81. The maximum Gasteiger partial charge on any atom is 0.298 e. The van der Waals surface area contributed by atoms with Crippen molar-refractivity contribution in [3.63, 3.8) is 0 Å². The lowest BCUT2D eigenvalue weighted by Crippen LogP contribution is -2.48. The zero-order valence-electron chi connectivity index (χ0n) is 13.9. The van der Waals surface area contributed by atoms with Gasteiger partial charge in [-0.25, -0.2) is 8.42 Å². The highest BCUT2D eigenvalue weighted by Crippen LogP contribution is 2.25. The molecule has 0 radical (unpaired) electrons. The van der Waals surface area contributed by atoms with Gasteiger partial charge in [0.2, 0.25) is 10.0 Å². The monoisotopic (exact) mass is 368 g/mol. The van der Waals surface area contributed by atoms with E-state index in [0.29, 0.717) is 37.8 Å². The van der Waals surface area contributed by atoms with E-state index in [1.165, 1.54) is 16.4 Å². The molecule has 0 saturated carbocycles. The number of rotatable bonds is 3. The number of para-hydroxylation sites is 2. The molecule has 1 aliphatic heterocycles. The van der Waals surface area contributed by atoms with Crippen molar-refractivity contribution in [1.29, 1.82) is 5.26 Å². The van der Waals surface area contributed by atoms with Crippen molar-refractivity contribution >= 4 is 27.1 Å². The Morgan fingerprint density at radius 3 is 2.42 bits per heavy atom. The number of anilines is 1. The van der Waals surface area contributed by atoms with Gasteiger partial charge in [0.25, 0.3) is 6.01 Å². The van der Waals surface area contributed by atoms with E-state index in [1.807, 2.05) is 35.2 Å². The molecule has 0 atom stereocenters. The predicted octanol–water partition coefficient (Wildman–Crippen LogP) is 2.21. The minimum atomic E-state index is -3.70. The van der Waals surface area contributed by atoms with Crippen LogP contribution in [0.3, 0.4) is 0 Å². The van der Waals surface area contributed by atoms with Crippen molar-refractivity contribution in [3.8, 4) is 6.07 Å². The Morgan fingerprint density at radius 2 is 1.69 bits per heavy atom. The van der Waals surface area contributed by atoms with E-state index in [4.69, 9.17) is 4.42 Å². The molecule has 0 unspecified atom stereocenters. The average Bonchev–Trinajstić information content (AvgIpc) is 3.12. The van der Waals surface area contributed by atoms with Gasteiger partial charge in [0.05, 0.1) is 10.5 Å². The standard InChI is InChI=1S/C18H16N4O3S/c19-13-14-5-1-4-8-17(14)26(23,24)22-11-9-21(10-12-22)18-20-15-6-2-3-7-16(15)25-18/h1-8H,9-12H2. The van der Waals surface area contributed by atoms with Crippen LogP contribution in [-0.2, 0) is 10.0 Å². The largest absolute Gasteiger partial charge is 0.423 e. The van der Waals surface area contributed by atoms with Crippen molar-refractivity contribution in [1.82, 2.24) is 9.29 Å². The molecule has 1 fully saturated rings. The Bertz CT molecular complexity index is 1060. The summed E-state index contributed by atoms with van der Waals surface area (Å²) in [5.41, 5.74) is 1.65. The van der Waals surface area contributed by atoms with Crippen molar-refractivity contribution in [2.45, 2.75) is 4.90 Å². The first kappa shape index (κ1) is 16.6. The van der Waals surface area contributed by atoms with E-state index in [0.717, 1.165) is 5.52 Å². The van der Waals surface area contributed by atoms with Crippen LogP contribution in [0.1, 0.15) is 5.56 Å². The first-order chi connectivity index (χ1) is 12.6. The summed E-state index contributed by atoms with van der Waals surface area (Å²) < 4.78 is 32.9. The van der Waals surface area contributed by atoms with Gasteiger partial charge in [-0.05, 0) is 24.3 Å². The first-order valence-electron chi connectivity index (χ1n) is 8.19. The molecule has 3 aromatic rings. The van der Waals surface area contributed by atoms with Gasteiger partial charge in [0.1, 0.15) is 11.6 Å². The Morgan fingerprint density at radius 1 is 1.00 bits per heavy atom. The highest BCUT2D eigenvalue weighted by atomic mass is 32.2. The van der Waals surface area contributed by atoms with Crippen molar-refractivity contribution in [3.05, 3.63) is 54.1 Å². The minimum Gasteiger partial charge on any atom is -0.423 e. The van der Waals surface area contributed by atoms with Crippen molar-refractivity contribution in [2.24, 2.45) is 0 Å². The number of hydrogen-bond acceptors (Lipinski definition) is 6. The third-order valence-electron chi connectivity index (χ3n) is 4.42. The quantitative estimate of drug-likeness (QED) is 0.704. The second-order valence-corrected chi connectivity index (χ2v) is 7.87. The van der Waals surface area contributed by atoms with Crippen LogP contribution in [0, 0.1) is 11.3 Å². The minimum absolute atomic E-state index is 0.0535. The van der Waals surface area contributed by atoms with Crippen molar-refractivity contribution < 1.29 is 12.8 Å². The molecule has 7 nitrogen and oxygen atoms in total. The molecule has 1 aliphatic rings. The molecule has 0 bridgehead atoms. The van der Waals surface area contributed by atoms with Gasteiger partial charge < -0.3 is 9.32 Å². The fraction of sp³-hybridized carbons (Fsp3) is 0.222. The molecule has 8 heteroatoms. The van der Waals surface area contributed by atoms with E-state index in [-0.39, 0.29) is 10.5 Å². The Labute approximate surface area is 151 Å². The van der Waals surface area contributed by atoms with E-state index >= 15 is 0 Å². The summed E-state index contributed by atoms with van der Waals surface area (Å²) in [6.45, 7) is 1.56. The normalized spacial score (nSPS) is 15.9. The van der Waals surface area contributed by atoms with E-state index in [2.05, 4.69) is 4.98 Å². The third-order valence-corrected chi connectivity index (χ3v) is 6.37. The molecule has 0 spiro atoms. The number of aromatic nitrogens is 1. The van der Waals surface area contributed by atoms with Crippen LogP contribution in [0.15, 0.2) is 57.8 Å². The van der Waals surface area contributed by atoms with Crippen LogP contribution in [0.2, 0.25) is 0 Å². The number of fused-ring (bicyclic) bond motifs is 1. The fourth-order valence-electron chi connectivity index (χ4n) is 3.04. The molecule has 2 heterocycles. The Hall–Kier alpha value is -2.89. The highest BCUT2D eigenvalue weighted by molar-refractivity contribution is 7.89. The lowest BCUT2D eigenvalue weighted by atomic mass is 10.2. The van der Waals surface area contributed by atoms with E-state index in [9.17, 15) is 13.7 Å². The summed E-state index contributed by atoms with van der Waals surface area (Å²) in [4.78, 5) is 6.44. The summed E-state index contributed by atoms with van der Waals surface area (Å²) in [7, 11) is -3.70. The molecule has 0 N–H and O–H groups in total.